The maximum absolute atomic E-state index is 12.1. The smallest absolute Gasteiger partial charge is 0.332 e. The van der Waals surface area contributed by atoms with Crippen LogP contribution in [0.2, 0.25) is 0 Å². The number of aromatic amines is 1. The van der Waals surface area contributed by atoms with Crippen LogP contribution in [0.5, 0.6) is 0 Å². The second-order valence-corrected chi connectivity index (χ2v) is 6.57. The van der Waals surface area contributed by atoms with E-state index in [0.29, 0.717) is 23.2 Å². The van der Waals surface area contributed by atoms with Crippen molar-refractivity contribution in [1.82, 2.24) is 19.1 Å². The standard InChI is InChI=1S/C14H21N5O2/c1-14(2)7-5-6-8(14)15-12-16-9-10(17-12)18(3)13(21)19(4)11(9)20/h8H,5-7H2,1-4H3,(H2,15,16,17). The number of hydrogen-bond donors (Lipinski definition) is 2. The Labute approximate surface area is 122 Å². The van der Waals surface area contributed by atoms with Gasteiger partial charge in [-0.3, -0.25) is 13.9 Å². The summed E-state index contributed by atoms with van der Waals surface area (Å²) in [5.74, 6) is 0.559. The van der Waals surface area contributed by atoms with Gasteiger partial charge < -0.3 is 10.3 Å². The molecule has 21 heavy (non-hydrogen) atoms. The van der Waals surface area contributed by atoms with Crippen molar-refractivity contribution in [2.24, 2.45) is 19.5 Å². The fourth-order valence-corrected chi connectivity index (χ4v) is 3.15. The van der Waals surface area contributed by atoms with Gasteiger partial charge in [0.25, 0.3) is 5.56 Å². The van der Waals surface area contributed by atoms with E-state index in [1.165, 1.54) is 24.5 Å². The quantitative estimate of drug-likeness (QED) is 0.863. The summed E-state index contributed by atoms with van der Waals surface area (Å²) < 4.78 is 2.47. The molecule has 1 saturated carbocycles. The van der Waals surface area contributed by atoms with E-state index >= 15 is 0 Å². The molecule has 2 heterocycles. The second-order valence-electron chi connectivity index (χ2n) is 6.57. The Morgan fingerprint density at radius 3 is 2.62 bits per heavy atom. The van der Waals surface area contributed by atoms with Crippen molar-refractivity contribution in [2.75, 3.05) is 5.32 Å². The average molecular weight is 291 g/mol. The van der Waals surface area contributed by atoms with Gasteiger partial charge in [-0.1, -0.05) is 20.3 Å². The fraction of sp³-hybridized carbons (Fsp3) is 0.643. The summed E-state index contributed by atoms with van der Waals surface area (Å²) in [5.41, 5.74) is 0.237. The first-order chi connectivity index (χ1) is 9.81. The highest BCUT2D eigenvalue weighted by atomic mass is 16.2. The molecular formula is C14H21N5O2. The van der Waals surface area contributed by atoms with Crippen LogP contribution in [-0.4, -0.2) is 25.1 Å². The molecule has 7 nitrogen and oxygen atoms in total. The lowest BCUT2D eigenvalue weighted by molar-refractivity contribution is 0.349. The first-order valence-electron chi connectivity index (χ1n) is 7.23. The summed E-state index contributed by atoms with van der Waals surface area (Å²) in [4.78, 5) is 31.5. The number of imidazole rings is 1. The van der Waals surface area contributed by atoms with Gasteiger partial charge in [0.2, 0.25) is 5.95 Å². The predicted octanol–water partition coefficient (Wildman–Crippen LogP) is 0.951. The molecule has 2 aromatic rings. The van der Waals surface area contributed by atoms with Gasteiger partial charge in [-0.15, -0.1) is 0 Å². The average Bonchev–Trinajstić information content (AvgIpc) is 2.99. The van der Waals surface area contributed by atoms with E-state index in [2.05, 4.69) is 29.1 Å². The molecule has 0 bridgehead atoms. The minimum Gasteiger partial charge on any atom is -0.352 e. The summed E-state index contributed by atoms with van der Waals surface area (Å²) in [7, 11) is 3.09. The lowest BCUT2D eigenvalue weighted by atomic mass is 9.87. The number of nitrogens with one attached hydrogen (secondary N) is 2. The van der Waals surface area contributed by atoms with Crippen LogP contribution in [-0.2, 0) is 14.1 Å². The van der Waals surface area contributed by atoms with Gasteiger partial charge in [0.15, 0.2) is 11.2 Å². The fourth-order valence-electron chi connectivity index (χ4n) is 3.15. The SMILES string of the molecule is Cn1c(=O)c2[nH]c(NC3CCCC3(C)C)nc2n(C)c1=O. The Hall–Kier alpha value is -2.05. The normalized spacial score (nSPS) is 21.0. The molecule has 3 rings (SSSR count). The lowest BCUT2D eigenvalue weighted by Gasteiger charge is -2.27. The van der Waals surface area contributed by atoms with E-state index in [4.69, 9.17) is 0 Å². The molecule has 2 N–H and O–H groups in total. The first kappa shape index (κ1) is 13.9. The van der Waals surface area contributed by atoms with Crippen molar-refractivity contribution in [3.05, 3.63) is 20.8 Å². The summed E-state index contributed by atoms with van der Waals surface area (Å²) >= 11 is 0. The molecule has 0 aromatic carbocycles. The molecule has 1 atom stereocenters. The molecule has 114 valence electrons. The second kappa shape index (κ2) is 4.47. The topological polar surface area (TPSA) is 84.7 Å². The highest BCUT2D eigenvalue weighted by Crippen LogP contribution is 2.38. The zero-order valence-electron chi connectivity index (χ0n) is 12.9. The van der Waals surface area contributed by atoms with Gasteiger partial charge in [0.1, 0.15) is 0 Å². The third-order valence-electron chi connectivity index (χ3n) is 4.66. The molecule has 0 radical (unpaired) electrons. The molecule has 0 spiro atoms. The molecule has 7 heteroatoms. The molecule has 1 unspecified atom stereocenters. The molecule has 0 amide bonds. The zero-order valence-corrected chi connectivity index (χ0v) is 12.9. The van der Waals surface area contributed by atoms with Gasteiger partial charge in [0, 0.05) is 20.1 Å². The van der Waals surface area contributed by atoms with Crippen LogP contribution < -0.4 is 16.6 Å². The number of aryl methyl sites for hydroxylation is 1. The van der Waals surface area contributed by atoms with Crippen LogP contribution in [0.1, 0.15) is 33.1 Å². The summed E-state index contributed by atoms with van der Waals surface area (Å²) in [5, 5.41) is 3.38. The van der Waals surface area contributed by atoms with Crippen LogP contribution in [0.15, 0.2) is 9.59 Å². The number of aromatic nitrogens is 4. The molecule has 1 aliphatic rings. The van der Waals surface area contributed by atoms with E-state index in [1.807, 2.05) is 0 Å². The number of hydrogen-bond acceptors (Lipinski definition) is 4. The van der Waals surface area contributed by atoms with Gasteiger partial charge >= 0.3 is 5.69 Å². The van der Waals surface area contributed by atoms with E-state index in [-0.39, 0.29) is 16.7 Å². The summed E-state index contributed by atoms with van der Waals surface area (Å²) in [6.45, 7) is 4.46. The van der Waals surface area contributed by atoms with Crippen molar-refractivity contribution in [3.63, 3.8) is 0 Å². The van der Waals surface area contributed by atoms with Crippen molar-refractivity contribution in [2.45, 2.75) is 39.2 Å². The van der Waals surface area contributed by atoms with E-state index in [9.17, 15) is 9.59 Å². The minimum absolute atomic E-state index is 0.204. The Morgan fingerprint density at radius 1 is 1.29 bits per heavy atom. The Bertz CT molecular complexity index is 811. The van der Waals surface area contributed by atoms with Crippen LogP contribution >= 0.6 is 0 Å². The van der Waals surface area contributed by atoms with Crippen LogP contribution in [0.3, 0.4) is 0 Å². The van der Waals surface area contributed by atoms with Gasteiger partial charge in [-0.05, 0) is 18.3 Å². The molecule has 0 saturated heterocycles. The van der Waals surface area contributed by atoms with Crippen LogP contribution in [0, 0.1) is 5.41 Å². The highest BCUT2D eigenvalue weighted by molar-refractivity contribution is 5.72. The van der Waals surface area contributed by atoms with Gasteiger partial charge in [-0.25, -0.2) is 4.79 Å². The van der Waals surface area contributed by atoms with Crippen molar-refractivity contribution in [1.29, 1.82) is 0 Å². The zero-order chi connectivity index (χ0) is 15.4. The maximum Gasteiger partial charge on any atom is 0.332 e. The van der Waals surface area contributed by atoms with Crippen molar-refractivity contribution >= 4 is 17.1 Å². The third-order valence-corrected chi connectivity index (χ3v) is 4.66. The van der Waals surface area contributed by atoms with E-state index in [1.54, 1.807) is 7.05 Å². The highest BCUT2D eigenvalue weighted by Gasteiger charge is 2.34. The number of anilines is 1. The summed E-state index contributed by atoms with van der Waals surface area (Å²) in [6.07, 6.45) is 3.44. The number of rotatable bonds is 2. The molecule has 1 aliphatic carbocycles. The van der Waals surface area contributed by atoms with Gasteiger partial charge in [-0.2, -0.15) is 4.98 Å². The van der Waals surface area contributed by atoms with Crippen molar-refractivity contribution in [3.8, 4) is 0 Å². The number of H-pyrrole nitrogens is 1. The Morgan fingerprint density at radius 2 is 2.00 bits per heavy atom. The largest absolute Gasteiger partial charge is 0.352 e. The monoisotopic (exact) mass is 291 g/mol. The predicted molar refractivity (Wildman–Crippen MR) is 81.6 cm³/mol. The summed E-state index contributed by atoms with van der Waals surface area (Å²) in [6, 6.07) is 0.318. The molecule has 1 fully saturated rings. The molecule has 0 aliphatic heterocycles. The lowest BCUT2D eigenvalue weighted by Crippen LogP contribution is -2.36. The number of nitrogens with zero attached hydrogens (tertiary/aromatic N) is 3. The van der Waals surface area contributed by atoms with E-state index < -0.39 is 0 Å². The first-order valence-corrected chi connectivity index (χ1v) is 7.23. The maximum atomic E-state index is 12.1. The third kappa shape index (κ3) is 2.07. The minimum atomic E-state index is -0.369. The van der Waals surface area contributed by atoms with Gasteiger partial charge in [0.05, 0.1) is 0 Å². The van der Waals surface area contributed by atoms with Crippen LogP contribution in [0.25, 0.3) is 11.2 Å². The Balaban J connectivity index is 2.06. The van der Waals surface area contributed by atoms with Crippen molar-refractivity contribution < 1.29 is 0 Å². The Kier molecular flexibility index (Phi) is 2.96. The molecular weight excluding hydrogens is 270 g/mol. The van der Waals surface area contributed by atoms with Crippen LogP contribution in [0.4, 0.5) is 5.95 Å². The molecule has 2 aromatic heterocycles. The van der Waals surface area contributed by atoms with E-state index in [0.717, 1.165) is 11.0 Å². The number of fused-ring (bicyclic) bond motifs is 1.